The Bertz CT molecular complexity index is 650. The van der Waals surface area contributed by atoms with Crippen LogP contribution in [0, 0.1) is 12.8 Å². The molecule has 112 valence electrons. The number of aryl methyl sites for hydroxylation is 1. The summed E-state index contributed by atoms with van der Waals surface area (Å²) >= 11 is 9.65. The quantitative estimate of drug-likeness (QED) is 0.860. The highest BCUT2D eigenvalue weighted by Crippen LogP contribution is 2.23. The third-order valence-electron chi connectivity index (χ3n) is 2.93. The maximum absolute atomic E-state index is 12.4. The van der Waals surface area contributed by atoms with Gasteiger partial charge in [-0.15, -0.1) is 0 Å². The van der Waals surface area contributed by atoms with E-state index < -0.39 is 0 Å². The Morgan fingerprint density at radius 3 is 2.57 bits per heavy atom. The maximum atomic E-state index is 12.4. The van der Waals surface area contributed by atoms with Gasteiger partial charge in [-0.2, -0.15) is 5.10 Å². The number of amides is 1. The molecule has 0 saturated carbocycles. The molecular weight excluding hydrogens is 354 g/mol. The van der Waals surface area contributed by atoms with Crippen molar-refractivity contribution in [3.8, 4) is 0 Å². The average Bonchev–Trinajstić information content (AvgIpc) is 2.66. The second kappa shape index (κ2) is 6.62. The molecule has 1 amide bonds. The van der Waals surface area contributed by atoms with Gasteiger partial charge in [-0.3, -0.25) is 9.48 Å². The number of rotatable bonds is 4. The highest BCUT2D eigenvalue weighted by atomic mass is 79.9. The zero-order chi connectivity index (χ0) is 15.6. The van der Waals surface area contributed by atoms with Crippen LogP contribution in [0.5, 0.6) is 0 Å². The predicted octanol–water partition coefficient (Wildman–Crippen LogP) is 4.52. The number of anilines is 1. The van der Waals surface area contributed by atoms with E-state index in [9.17, 15) is 4.79 Å². The third-order valence-corrected chi connectivity index (χ3v) is 3.85. The van der Waals surface area contributed by atoms with Crippen LogP contribution in [0.2, 0.25) is 5.15 Å². The zero-order valence-corrected chi connectivity index (χ0v) is 14.5. The molecule has 0 unspecified atom stereocenters. The van der Waals surface area contributed by atoms with Crippen molar-refractivity contribution in [2.45, 2.75) is 27.3 Å². The van der Waals surface area contributed by atoms with Crippen molar-refractivity contribution in [2.75, 3.05) is 5.32 Å². The van der Waals surface area contributed by atoms with E-state index in [1.54, 1.807) is 11.6 Å². The first-order valence-electron chi connectivity index (χ1n) is 6.68. The lowest BCUT2D eigenvalue weighted by atomic mass is 10.2. The van der Waals surface area contributed by atoms with Crippen LogP contribution in [0.25, 0.3) is 0 Å². The van der Waals surface area contributed by atoms with Crippen LogP contribution in [-0.4, -0.2) is 15.7 Å². The van der Waals surface area contributed by atoms with Gasteiger partial charge in [0.2, 0.25) is 0 Å². The molecule has 0 aliphatic heterocycles. The predicted molar refractivity (Wildman–Crippen MR) is 88.9 cm³/mol. The molecule has 1 heterocycles. The molecule has 1 aromatic heterocycles. The van der Waals surface area contributed by atoms with Crippen LogP contribution in [0.15, 0.2) is 28.7 Å². The monoisotopic (exact) mass is 369 g/mol. The molecule has 0 saturated heterocycles. The lowest BCUT2D eigenvalue weighted by molar-refractivity contribution is 0.102. The summed E-state index contributed by atoms with van der Waals surface area (Å²) in [6, 6.07) is 7.38. The fraction of sp³-hybridized carbons (Fsp3) is 0.333. The molecule has 0 radical (unpaired) electrons. The number of hydrogen-bond acceptors (Lipinski definition) is 2. The Labute approximate surface area is 137 Å². The highest BCUT2D eigenvalue weighted by molar-refractivity contribution is 9.10. The topological polar surface area (TPSA) is 46.9 Å². The standard InChI is InChI=1S/C15H17BrClN3O/c1-9(2)8-20-14(17)13(10(3)19-20)15(21)18-12-6-4-11(16)5-7-12/h4-7,9H,8H2,1-3H3,(H,18,21). The number of carbonyl (C=O) groups excluding carboxylic acids is 1. The van der Waals surface area contributed by atoms with Gasteiger partial charge in [-0.05, 0) is 37.1 Å². The van der Waals surface area contributed by atoms with Gasteiger partial charge in [0, 0.05) is 16.7 Å². The molecule has 0 spiro atoms. The van der Waals surface area contributed by atoms with Crippen LogP contribution in [0.4, 0.5) is 5.69 Å². The summed E-state index contributed by atoms with van der Waals surface area (Å²) in [6.07, 6.45) is 0. The summed E-state index contributed by atoms with van der Waals surface area (Å²) in [5.74, 6) is 0.166. The Balaban J connectivity index is 2.23. The normalized spacial score (nSPS) is 11.0. The van der Waals surface area contributed by atoms with E-state index in [1.807, 2.05) is 24.3 Å². The summed E-state index contributed by atoms with van der Waals surface area (Å²) in [6.45, 7) is 6.63. The molecule has 4 nitrogen and oxygen atoms in total. The molecule has 0 bridgehead atoms. The Morgan fingerprint density at radius 2 is 2.00 bits per heavy atom. The van der Waals surface area contributed by atoms with Gasteiger partial charge >= 0.3 is 0 Å². The van der Waals surface area contributed by atoms with Gasteiger partial charge in [-0.25, -0.2) is 0 Å². The molecule has 0 aliphatic carbocycles. The van der Waals surface area contributed by atoms with E-state index >= 15 is 0 Å². The first kappa shape index (κ1) is 16.0. The minimum atomic E-state index is -0.241. The second-order valence-electron chi connectivity index (χ2n) is 5.29. The van der Waals surface area contributed by atoms with E-state index in [1.165, 1.54) is 0 Å². The Morgan fingerprint density at radius 1 is 1.38 bits per heavy atom. The molecule has 2 rings (SSSR count). The smallest absolute Gasteiger partial charge is 0.260 e. The molecule has 1 aromatic carbocycles. The summed E-state index contributed by atoms with van der Waals surface area (Å²) in [7, 11) is 0. The summed E-state index contributed by atoms with van der Waals surface area (Å²) < 4.78 is 2.64. The minimum Gasteiger partial charge on any atom is -0.322 e. The maximum Gasteiger partial charge on any atom is 0.260 e. The van der Waals surface area contributed by atoms with Crippen LogP contribution >= 0.6 is 27.5 Å². The largest absolute Gasteiger partial charge is 0.322 e. The fourth-order valence-electron chi connectivity index (χ4n) is 2.00. The van der Waals surface area contributed by atoms with Gasteiger partial charge in [0.15, 0.2) is 0 Å². The van der Waals surface area contributed by atoms with Crippen LogP contribution in [-0.2, 0) is 6.54 Å². The Hall–Kier alpha value is -1.33. The van der Waals surface area contributed by atoms with Crippen LogP contribution in [0.1, 0.15) is 29.9 Å². The molecule has 0 aliphatic rings. The number of nitrogens with zero attached hydrogens (tertiary/aromatic N) is 2. The Kier molecular flexibility index (Phi) is 5.06. The third kappa shape index (κ3) is 3.86. The minimum absolute atomic E-state index is 0.241. The van der Waals surface area contributed by atoms with Gasteiger partial charge < -0.3 is 5.32 Å². The van der Waals surface area contributed by atoms with Gasteiger partial charge in [0.1, 0.15) is 5.15 Å². The highest BCUT2D eigenvalue weighted by Gasteiger charge is 2.20. The first-order valence-corrected chi connectivity index (χ1v) is 7.85. The lowest BCUT2D eigenvalue weighted by Crippen LogP contribution is -2.13. The molecule has 0 atom stereocenters. The summed E-state index contributed by atoms with van der Waals surface area (Å²) in [5, 5.41) is 7.56. The van der Waals surface area contributed by atoms with Crippen molar-refractivity contribution in [1.82, 2.24) is 9.78 Å². The van der Waals surface area contributed by atoms with Crippen molar-refractivity contribution in [1.29, 1.82) is 0 Å². The molecule has 21 heavy (non-hydrogen) atoms. The molecular formula is C15H17BrClN3O. The van der Waals surface area contributed by atoms with Crippen molar-refractivity contribution in [3.63, 3.8) is 0 Å². The van der Waals surface area contributed by atoms with Crippen molar-refractivity contribution in [3.05, 3.63) is 45.1 Å². The fourth-order valence-corrected chi connectivity index (χ4v) is 2.60. The van der Waals surface area contributed by atoms with Gasteiger partial charge in [-0.1, -0.05) is 41.4 Å². The van der Waals surface area contributed by atoms with Crippen molar-refractivity contribution in [2.24, 2.45) is 5.92 Å². The van der Waals surface area contributed by atoms with E-state index in [-0.39, 0.29) is 5.91 Å². The van der Waals surface area contributed by atoms with Crippen molar-refractivity contribution < 1.29 is 4.79 Å². The number of aromatic nitrogens is 2. The SMILES string of the molecule is Cc1nn(CC(C)C)c(Cl)c1C(=O)Nc1ccc(Br)cc1. The number of benzene rings is 1. The molecule has 0 fully saturated rings. The summed E-state index contributed by atoms with van der Waals surface area (Å²) in [5.41, 5.74) is 1.78. The molecule has 2 aromatic rings. The first-order chi connectivity index (χ1) is 9.88. The number of halogens is 2. The van der Waals surface area contributed by atoms with Gasteiger partial charge in [0.25, 0.3) is 5.91 Å². The van der Waals surface area contributed by atoms with Gasteiger partial charge in [0.05, 0.1) is 11.3 Å². The van der Waals surface area contributed by atoms with E-state index in [0.29, 0.717) is 28.9 Å². The number of carbonyl (C=O) groups is 1. The molecule has 6 heteroatoms. The average molecular weight is 371 g/mol. The van der Waals surface area contributed by atoms with E-state index in [0.717, 1.165) is 10.2 Å². The summed E-state index contributed by atoms with van der Waals surface area (Å²) in [4.78, 5) is 12.4. The lowest BCUT2D eigenvalue weighted by Gasteiger charge is -2.07. The van der Waals surface area contributed by atoms with E-state index in [4.69, 9.17) is 11.6 Å². The van der Waals surface area contributed by atoms with Crippen molar-refractivity contribution >= 4 is 39.1 Å². The number of hydrogen-bond donors (Lipinski definition) is 1. The second-order valence-corrected chi connectivity index (χ2v) is 6.56. The van der Waals surface area contributed by atoms with Crippen LogP contribution < -0.4 is 5.32 Å². The van der Waals surface area contributed by atoms with E-state index in [2.05, 4.69) is 40.2 Å². The number of nitrogens with one attached hydrogen (secondary N) is 1. The van der Waals surface area contributed by atoms with Crippen LogP contribution in [0.3, 0.4) is 0 Å². The molecule has 1 N–H and O–H groups in total. The zero-order valence-electron chi connectivity index (χ0n) is 12.2.